The smallest absolute Gasteiger partial charge is 0.311 e. The molecule has 0 amide bonds. The van der Waals surface area contributed by atoms with E-state index in [1.807, 2.05) is 121 Å². The number of aliphatic hydroxyl groups is 1. The number of hydrogen-bond acceptors (Lipinski definition) is 5. The maximum Gasteiger partial charge on any atom is 0.311 e. The molecule has 0 aliphatic carbocycles. The first kappa shape index (κ1) is 36.5. The Bertz CT molecular complexity index is 1470. The molecule has 0 aromatic heterocycles. The van der Waals surface area contributed by atoms with E-state index in [1.165, 1.54) is 4.31 Å². The lowest BCUT2D eigenvalue weighted by Gasteiger charge is -2.36. The largest absolute Gasteiger partial charge is 0.455 e. The summed E-state index contributed by atoms with van der Waals surface area (Å²) in [7, 11) is -4.14. The second kappa shape index (κ2) is 15.5. The van der Waals surface area contributed by atoms with E-state index in [4.69, 9.17) is 4.74 Å². The molecule has 1 N–H and O–H groups in total. The highest BCUT2D eigenvalue weighted by Gasteiger charge is 2.40. The van der Waals surface area contributed by atoms with Crippen LogP contribution < -0.4 is 0 Å². The quantitative estimate of drug-likeness (QED) is 0.179. The van der Waals surface area contributed by atoms with Crippen molar-refractivity contribution in [3.8, 4) is 0 Å². The highest BCUT2D eigenvalue weighted by molar-refractivity contribution is 7.89. The SMILES string of the molecule is CC(C)c1cc(C(C)C)c(S(=O)(=O)N(Cc2ccccc2)[C@@H](C)[C@H](OC(=O)[C@H](C)[C@H](O)C(C)C)c2ccccc2)c(C(C)C)c1. The van der Waals surface area contributed by atoms with Crippen molar-refractivity contribution in [2.75, 3.05) is 0 Å². The second-order valence-corrected chi connectivity index (χ2v) is 15.4. The minimum Gasteiger partial charge on any atom is -0.455 e. The molecule has 3 aromatic carbocycles. The van der Waals surface area contributed by atoms with Crippen LogP contribution in [0.5, 0.6) is 0 Å². The van der Waals surface area contributed by atoms with Gasteiger partial charge in [0.05, 0.1) is 23.0 Å². The van der Waals surface area contributed by atoms with E-state index >= 15 is 8.42 Å². The van der Waals surface area contributed by atoms with E-state index < -0.39 is 40.2 Å². The molecule has 0 bridgehead atoms. The van der Waals surface area contributed by atoms with Gasteiger partial charge in [0, 0.05) is 6.54 Å². The van der Waals surface area contributed by atoms with Gasteiger partial charge in [-0.3, -0.25) is 4.79 Å². The van der Waals surface area contributed by atoms with Crippen LogP contribution in [0.3, 0.4) is 0 Å². The minimum absolute atomic E-state index is 0.0408. The average Bonchev–Trinajstić information content (AvgIpc) is 3.01. The van der Waals surface area contributed by atoms with Crippen LogP contribution in [0.4, 0.5) is 0 Å². The highest BCUT2D eigenvalue weighted by atomic mass is 32.2. The Morgan fingerprint density at radius 2 is 1.22 bits per heavy atom. The fourth-order valence-electron chi connectivity index (χ4n) is 5.70. The third-order valence-corrected chi connectivity index (χ3v) is 10.7. The number of sulfonamides is 1. The first-order valence-electron chi connectivity index (χ1n) is 16.2. The van der Waals surface area contributed by atoms with Crippen LogP contribution in [0.25, 0.3) is 0 Å². The molecule has 0 aliphatic rings. The van der Waals surface area contributed by atoms with Crippen molar-refractivity contribution < 1.29 is 23.1 Å². The number of carbonyl (C=O) groups excluding carboxylic acids is 1. The maximum absolute atomic E-state index is 15.2. The molecule has 45 heavy (non-hydrogen) atoms. The fourth-order valence-corrected chi connectivity index (χ4v) is 7.99. The Hall–Kier alpha value is -3.00. The molecule has 0 saturated carbocycles. The van der Waals surface area contributed by atoms with Crippen LogP contribution in [0.1, 0.15) is 121 Å². The molecule has 0 saturated heterocycles. The van der Waals surface area contributed by atoms with Gasteiger partial charge >= 0.3 is 5.97 Å². The first-order valence-corrected chi connectivity index (χ1v) is 17.7. The van der Waals surface area contributed by atoms with Crippen molar-refractivity contribution in [2.24, 2.45) is 11.8 Å². The summed E-state index contributed by atoms with van der Waals surface area (Å²) < 4.78 is 38.1. The van der Waals surface area contributed by atoms with Crippen LogP contribution in [0, 0.1) is 11.8 Å². The molecular weight excluding hydrogens is 582 g/mol. The number of rotatable bonds is 14. The summed E-state index contributed by atoms with van der Waals surface area (Å²) in [4.78, 5) is 13.9. The zero-order valence-electron chi connectivity index (χ0n) is 28.7. The molecule has 4 atom stereocenters. The molecule has 0 fully saturated rings. The van der Waals surface area contributed by atoms with Gasteiger partial charge in [-0.15, -0.1) is 0 Å². The van der Waals surface area contributed by atoms with Crippen LogP contribution in [-0.4, -0.2) is 35.9 Å². The van der Waals surface area contributed by atoms with Gasteiger partial charge in [0.2, 0.25) is 10.0 Å². The number of benzene rings is 3. The second-order valence-electron chi connectivity index (χ2n) is 13.6. The van der Waals surface area contributed by atoms with Crippen LogP contribution >= 0.6 is 0 Å². The van der Waals surface area contributed by atoms with Crippen LogP contribution in [-0.2, 0) is 26.1 Å². The summed E-state index contributed by atoms with van der Waals surface area (Å²) in [6.07, 6.45) is -1.81. The molecular formula is C38H53NO5S. The maximum atomic E-state index is 15.2. The van der Waals surface area contributed by atoms with Gasteiger partial charge in [-0.1, -0.05) is 128 Å². The van der Waals surface area contributed by atoms with E-state index in [0.29, 0.717) is 10.5 Å². The molecule has 0 aliphatic heterocycles. The van der Waals surface area contributed by atoms with Crippen molar-refractivity contribution >= 4 is 16.0 Å². The Balaban J connectivity index is 2.27. The minimum atomic E-state index is -4.14. The lowest BCUT2D eigenvalue weighted by molar-refractivity contribution is -0.161. The third-order valence-electron chi connectivity index (χ3n) is 8.66. The summed E-state index contributed by atoms with van der Waals surface area (Å²) >= 11 is 0. The zero-order valence-corrected chi connectivity index (χ0v) is 29.5. The molecule has 0 radical (unpaired) electrons. The first-order chi connectivity index (χ1) is 21.1. The lowest BCUT2D eigenvalue weighted by Crippen LogP contribution is -2.44. The Kier molecular flexibility index (Phi) is 12.6. The molecule has 0 heterocycles. The number of ether oxygens (including phenoxy) is 1. The van der Waals surface area contributed by atoms with Gasteiger partial charge in [-0.05, 0) is 65.3 Å². The van der Waals surface area contributed by atoms with Gasteiger partial charge < -0.3 is 9.84 Å². The van der Waals surface area contributed by atoms with Crippen LogP contribution in [0.15, 0.2) is 77.7 Å². The number of esters is 1. The monoisotopic (exact) mass is 635 g/mol. The lowest BCUT2D eigenvalue weighted by atomic mass is 9.89. The number of hydrogen-bond donors (Lipinski definition) is 1. The summed E-state index contributed by atoms with van der Waals surface area (Å²) in [5, 5.41) is 10.7. The fraction of sp³-hybridized carbons (Fsp3) is 0.500. The van der Waals surface area contributed by atoms with Crippen molar-refractivity contribution in [1.82, 2.24) is 4.31 Å². The number of carbonyl (C=O) groups is 1. The predicted octanol–water partition coefficient (Wildman–Crippen LogP) is 8.57. The Morgan fingerprint density at radius 1 is 0.733 bits per heavy atom. The number of aliphatic hydroxyl groups excluding tert-OH is 1. The van der Waals surface area contributed by atoms with Crippen molar-refractivity contribution in [3.05, 3.63) is 101 Å². The van der Waals surface area contributed by atoms with E-state index in [9.17, 15) is 9.90 Å². The number of nitrogens with zero attached hydrogens (tertiary/aromatic N) is 1. The normalized spacial score (nSPS) is 15.1. The molecule has 3 rings (SSSR count). The Morgan fingerprint density at radius 3 is 1.67 bits per heavy atom. The van der Waals surface area contributed by atoms with Crippen LogP contribution in [0.2, 0.25) is 0 Å². The molecule has 0 spiro atoms. The van der Waals surface area contributed by atoms with Gasteiger partial charge in [-0.2, -0.15) is 4.31 Å². The van der Waals surface area contributed by atoms with Gasteiger partial charge in [0.15, 0.2) is 0 Å². The van der Waals surface area contributed by atoms with E-state index in [2.05, 4.69) is 13.8 Å². The molecule has 246 valence electrons. The third kappa shape index (κ3) is 8.63. The summed E-state index contributed by atoms with van der Waals surface area (Å²) in [5.41, 5.74) is 4.19. The van der Waals surface area contributed by atoms with Crippen molar-refractivity contribution in [2.45, 2.75) is 117 Å². The Labute approximate surface area is 271 Å². The zero-order chi connectivity index (χ0) is 33.6. The topological polar surface area (TPSA) is 83.9 Å². The molecule has 6 nitrogen and oxygen atoms in total. The standard InChI is InChI=1S/C38H53NO5S/c1-24(2)32-21-33(25(3)4)37(34(22-32)26(5)6)45(42,43)39(23-30-17-13-11-14-18-30)29(10)36(31-19-15-12-16-20-31)44-38(41)28(9)35(40)27(7)8/h11-22,24-29,35-36,40H,23H2,1-10H3/t28-,29+,35-,36+/m1/s1. The van der Waals surface area contributed by atoms with Crippen molar-refractivity contribution in [1.29, 1.82) is 0 Å². The van der Waals surface area contributed by atoms with Crippen molar-refractivity contribution in [3.63, 3.8) is 0 Å². The van der Waals surface area contributed by atoms with Gasteiger partial charge in [0.1, 0.15) is 6.10 Å². The highest BCUT2D eigenvalue weighted by Crippen LogP contribution is 2.39. The summed E-state index contributed by atoms with van der Waals surface area (Å²) in [6.45, 7) is 19.6. The van der Waals surface area contributed by atoms with Gasteiger partial charge in [-0.25, -0.2) is 8.42 Å². The molecule has 0 unspecified atom stereocenters. The molecule has 7 heteroatoms. The summed E-state index contributed by atoms with van der Waals surface area (Å²) in [5.74, 6) is -1.34. The average molecular weight is 636 g/mol. The predicted molar refractivity (Wildman–Crippen MR) is 183 cm³/mol. The van der Waals surface area contributed by atoms with E-state index in [1.54, 1.807) is 6.92 Å². The summed E-state index contributed by atoms with van der Waals surface area (Å²) in [6, 6.07) is 22.1. The van der Waals surface area contributed by atoms with E-state index in [-0.39, 0.29) is 30.2 Å². The van der Waals surface area contributed by atoms with Gasteiger partial charge in [0.25, 0.3) is 0 Å². The molecule has 3 aromatic rings. The van der Waals surface area contributed by atoms with E-state index in [0.717, 1.165) is 22.3 Å².